The number of carboxylic acid groups (broad SMARTS) is 1. The fourth-order valence-electron chi connectivity index (χ4n) is 5.80. The second kappa shape index (κ2) is 18.0. The van der Waals surface area contributed by atoms with Crippen molar-refractivity contribution >= 4 is 40.9 Å². The zero-order valence-electron chi connectivity index (χ0n) is 28.6. The smallest absolute Gasteiger partial charge is 0.322 e. The maximum atomic E-state index is 13.9. The van der Waals surface area contributed by atoms with E-state index in [1.165, 1.54) is 0 Å². The largest absolute Gasteiger partial charge is 0.480 e. The number of nitrogens with zero attached hydrogens (tertiary/aromatic N) is 2. The van der Waals surface area contributed by atoms with Gasteiger partial charge in [-0.15, -0.1) is 0 Å². The van der Waals surface area contributed by atoms with E-state index in [0.717, 1.165) is 19.3 Å². The molecule has 3 amide bonds. The minimum absolute atomic E-state index is 0.00207. The minimum atomic E-state index is -1.01. The number of carboxylic acids is 1. The van der Waals surface area contributed by atoms with Gasteiger partial charge in [-0.05, 0) is 45.6 Å². The van der Waals surface area contributed by atoms with Crippen molar-refractivity contribution in [3.05, 3.63) is 0 Å². The Morgan fingerprint density at radius 3 is 2.20 bits per heavy atom. The van der Waals surface area contributed by atoms with Crippen molar-refractivity contribution < 1.29 is 33.8 Å². The molecule has 254 valence electrons. The molecule has 4 N–H and O–H groups in total. The molecule has 1 fully saturated rings. The van der Waals surface area contributed by atoms with Crippen LogP contribution < -0.4 is 16.0 Å². The Balaban J connectivity index is 3.23. The summed E-state index contributed by atoms with van der Waals surface area (Å²) in [6, 6.07) is -1.43. The van der Waals surface area contributed by atoms with E-state index in [-0.39, 0.29) is 54.5 Å². The molecular formula is C31H57N5O7S. The molecule has 12 nitrogen and oxygen atoms in total. The molecule has 1 aliphatic heterocycles. The molecule has 1 saturated heterocycles. The van der Waals surface area contributed by atoms with E-state index in [4.69, 9.17) is 26.8 Å². The average molecular weight is 644 g/mol. The summed E-state index contributed by atoms with van der Waals surface area (Å²) in [6.45, 7) is 13.5. The van der Waals surface area contributed by atoms with Crippen molar-refractivity contribution in [2.24, 2.45) is 17.8 Å². The average Bonchev–Trinajstić information content (AvgIpc) is 3.47. The SMILES string of the molecule is CC[C@H](C)[C@@H](C(CC(=O)N1CCC[C@H]1[C@H](OC)[C@@H](C)C(=S)NCC(=O)O)OC)N(C)C(=O)[C@@H](NC(=O)C(C)(C)NC)C(C)C. The summed E-state index contributed by atoms with van der Waals surface area (Å²) in [7, 11) is 6.53. The zero-order valence-corrected chi connectivity index (χ0v) is 29.4. The Morgan fingerprint density at radius 1 is 1.11 bits per heavy atom. The van der Waals surface area contributed by atoms with Gasteiger partial charge in [-0.1, -0.05) is 53.3 Å². The summed E-state index contributed by atoms with van der Waals surface area (Å²) >= 11 is 5.44. The lowest BCUT2D eigenvalue weighted by atomic mass is 9.89. The highest BCUT2D eigenvalue weighted by Gasteiger charge is 2.42. The summed E-state index contributed by atoms with van der Waals surface area (Å²) in [4.78, 5) is 55.6. The summed E-state index contributed by atoms with van der Waals surface area (Å²) in [5, 5.41) is 17.7. The summed E-state index contributed by atoms with van der Waals surface area (Å²) in [5.74, 6) is -2.14. The number of thiocarbonyl (C=S) groups is 1. The molecule has 0 aromatic rings. The highest BCUT2D eigenvalue weighted by atomic mass is 32.1. The summed E-state index contributed by atoms with van der Waals surface area (Å²) < 4.78 is 11.8. The molecule has 1 unspecified atom stereocenters. The number of methoxy groups -OCH3 is 2. The van der Waals surface area contributed by atoms with E-state index in [1.807, 2.05) is 39.5 Å². The Bertz CT molecular complexity index is 994. The van der Waals surface area contributed by atoms with Crippen molar-refractivity contribution in [2.75, 3.05) is 41.4 Å². The van der Waals surface area contributed by atoms with Crippen molar-refractivity contribution in [1.29, 1.82) is 0 Å². The van der Waals surface area contributed by atoms with Gasteiger partial charge in [0.25, 0.3) is 0 Å². The molecule has 0 saturated carbocycles. The number of nitrogens with one attached hydrogen (secondary N) is 3. The molecular weight excluding hydrogens is 586 g/mol. The van der Waals surface area contributed by atoms with Gasteiger partial charge in [-0.3, -0.25) is 19.2 Å². The van der Waals surface area contributed by atoms with Gasteiger partial charge in [0.2, 0.25) is 17.7 Å². The number of amides is 3. The first-order valence-corrected chi connectivity index (χ1v) is 16.0. The van der Waals surface area contributed by atoms with Crippen molar-refractivity contribution in [1.82, 2.24) is 25.8 Å². The number of carbonyl (C=O) groups excluding carboxylic acids is 3. The standard InChI is InChI=1S/C31H57N5O7S/c1-12-19(4)26(35(9)29(40)25(18(2)3)34-30(41)31(6,7)32-8)22(42-10)16-23(37)36-15-13-14-21(36)27(43-11)20(5)28(44)33-17-24(38)39/h18-22,25-27,32H,12-17H2,1-11H3,(H,33,44)(H,34,41)(H,38,39)/t19-,20+,21-,22?,25-,26-,27+/m0/s1. The van der Waals surface area contributed by atoms with Crippen LogP contribution in [0.1, 0.15) is 74.1 Å². The van der Waals surface area contributed by atoms with E-state index in [2.05, 4.69) is 16.0 Å². The van der Waals surface area contributed by atoms with E-state index in [9.17, 15) is 19.2 Å². The third-order valence-electron chi connectivity index (χ3n) is 9.08. The number of ether oxygens (including phenoxy) is 2. The zero-order chi connectivity index (χ0) is 33.9. The maximum absolute atomic E-state index is 13.9. The maximum Gasteiger partial charge on any atom is 0.322 e. The molecule has 13 heteroatoms. The number of aliphatic carboxylic acids is 1. The first-order valence-electron chi connectivity index (χ1n) is 15.6. The predicted octanol–water partition coefficient (Wildman–Crippen LogP) is 2.05. The molecule has 1 aliphatic rings. The number of hydrogen-bond donors (Lipinski definition) is 4. The van der Waals surface area contributed by atoms with Crippen molar-refractivity contribution in [3.63, 3.8) is 0 Å². The fourth-order valence-corrected chi connectivity index (χ4v) is 6.00. The monoisotopic (exact) mass is 643 g/mol. The highest BCUT2D eigenvalue weighted by Crippen LogP contribution is 2.29. The Morgan fingerprint density at radius 2 is 1.73 bits per heavy atom. The van der Waals surface area contributed by atoms with Gasteiger partial charge < -0.3 is 40.3 Å². The minimum Gasteiger partial charge on any atom is -0.480 e. The highest BCUT2D eigenvalue weighted by molar-refractivity contribution is 7.80. The van der Waals surface area contributed by atoms with Gasteiger partial charge in [0, 0.05) is 33.7 Å². The van der Waals surface area contributed by atoms with E-state index < -0.39 is 35.8 Å². The molecule has 7 atom stereocenters. The number of rotatable bonds is 18. The van der Waals surface area contributed by atoms with Crippen LogP contribution in [0.5, 0.6) is 0 Å². The molecule has 1 heterocycles. The summed E-state index contributed by atoms with van der Waals surface area (Å²) in [6.07, 6.45) is 1.29. The van der Waals surface area contributed by atoms with Gasteiger partial charge in [0.1, 0.15) is 12.6 Å². The summed E-state index contributed by atoms with van der Waals surface area (Å²) in [5.41, 5.74) is -0.858. The van der Waals surface area contributed by atoms with E-state index in [0.29, 0.717) is 11.5 Å². The molecule has 0 aromatic carbocycles. The van der Waals surface area contributed by atoms with Crippen LogP contribution in [0.2, 0.25) is 0 Å². The molecule has 1 rings (SSSR count). The predicted molar refractivity (Wildman–Crippen MR) is 174 cm³/mol. The number of carbonyl (C=O) groups is 4. The van der Waals surface area contributed by atoms with Crippen LogP contribution in [-0.4, -0.2) is 121 Å². The molecule has 0 aromatic heterocycles. The van der Waals surface area contributed by atoms with Crippen LogP contribution in [0.25, 0.3) is 0 Å². The number of hydrogen-bond acceptors (Lipinski definition) is 8. The first kappa shape index (κ1) is 39.7. The fraction of sp³-hybridized carbons (Fsp3) is 0.839. The van der Waals surface area contributed by atoms with Gasteiger partial charge in [0.05, 0.1) is 41.2 Å². The van der Waals surface area contributed by atoms with Gasteiger partial charge in [0.15, 0.2) is 0 Å². The van der Waals surface area contributed by atoms with Crippen molar-refractivity contribution in [3.8, 4) is 0 Å². The lowest BCUT2D eigenvalue weighted by molar-refractivity contribution is -0.147. The van der Waals surface area contributed by atoms with Crippen LogP contribution >= 0.6 is 12.2 Å². The van der Waals surface area contributed by atoms with Gasteiger partial charge in [-0.2, -0.15) is 0 Å². The molecule has 0 aliphatic carbocycles. The quantitative estimate of drug-likeness (QED) is 0.164. The third-order valence-corrected chi connectivity index (χ3v) is 9.60. The van der Waals surface area contributed by atoms with Crippen LogP contribution in [-0.2, 0) is 28.7 Å². The number of likely N-dealkylation sites (tertiary alicyclic amines) is 1. The van der Waals surface area contributed by atoms with E-state index >= 15 is 0 Å². The normalized spacial score (nSPS) is 19.5. The number of likely N-dealkylation sites (N-methyl/N-ethyl adjacent to an activating group) is 2. The third kappa shape index (κ3) is 10.3. The molecule has 0 radical (unpaired) electrons. The Kier molecular flexibility index (Phi) is 16.2. The van der Waals surface area contributed by atoms with Gasteiger partial charge >= 0.3 is 5.97 Å². The van der Waals surface area contributed by atoms with Crippen molar-refractivity contribution in [2.45, 2.75) is 110 Å². The second-order valence-electron chi connectivity index (χ2n) is 12.8. The van der Waals surface area contributed by atoms with Crippen LogP contribution in [0, 0.1) is 17.8 Å². The van der Waals surface area contributed by atoms with Crippen LogP contribution in [0.4, 0.5) is 0 Å². The second-order valence-corrected chi connectivity index (χ2v) is 13.2. The van der Waals surface area contributed by atoms with Gasteiger partial charge in [-0.25, -0.2) is 0 Å². The Hall–Kier alpha value is -2.35. The van der Waals surface area contributed by atoms with E-state index in [1.54, 1.807) is 47.1 Å². The Labute approximate surface area is 269 Å². The topological polar surface area (TPSA) is 150 Å². The molecule has 0 spiro atoms. The van der Waals surface area contributed by atoms with Crippen LogP contribution in [0.3, 0.4) is 0 Å². The molecule has 0 bridgehead atoms. The lowest BCUT2D eigenvalue weighted by Crippen LogP contribution is -2.61. The first-order chi connectivity index (χ1) is 20.5. The molecule has 44 heavy (non-hydrogen) atoms. The van der Waals surface area contributed by atoms with Crippen LogP contribution in [0.15, 0.2) is 0 Å². The lowest BCUT2D eigenvalue weighted by Gasteiger charge is -2.41.